The van der Waals surface area contributed by atoms with Crippen molar-refractivity contribution in [2.75, 3.05) is 17.6 Å². The van der Waals surface area contributed by atoms with E-state index in [2.05, 4.69) is 10.6 Å². The van der Waals surface area contributed by atoms with Crippen LogP contribution in [0.3, 0.4) is 0 Å². The number of rotatable bonds is 9. The quantitative estimate of drug-likeness (QED) is 0.422. The van der Waals surface area contributed by atoms with E-state index in [-0.39, 0.29) is 12.3 Å². The summed E-state index contributed by atoms with van der Waals surface area (Å²) in [5.41, 5.74) is -0.956. The number of halogens is 3. The lowest BCUT2D eigenvalue weighted by molar-refractivity contribution is -0.121. The van der Waals surface area contributed by atoms with E-state index in [1.807, 2.05) is 0 Å². The molecule has 1 aliphatic rings. The maximum atomic E-state index is 15.3. The number of nitrogens with one attached hydrogen (secondary N) is 2. The highest BCUT2D eigenvalue weighted by atomic mass is 32.2. The molecule has 0 aromatic heterocycles. The summed E-state index contributed by atoms with van der Waals surface area (Å²) in [4.78, 5) is 8.76. The highest BCUT2D eigenvalue weighted by Crippen LogP contribution is 2.36. The number of benzene rings is 1. The second kappa shape index (κ2) is 11.7. The van der Waals surface area contributed by atoms with E-state index in [0.29, 0.717) is 12.8 Å². The van der Waals surface area contributed by atoms with Crippen molar-refractivity contribution in [3.8, 4) is 0 Å². The van der Waals surface area contributed by atoms with Crippen LogP contribution in [-0.2, 0) is 24.7 Å². The van der Waals surface area contributed by atoms with Crippen LogP contribution < -0.4 is 15.8 Å². The van der Waals surface area contributed by atoms with Gasteiger partial charge in [0.1, 0.15) is 4.90 Å². The maximum Gasteiger partial charge on any atom is 0.244 e. The first-order valence-corrected chi connectivity index (χ1v) is 14.4. The van der Waals surface area contributed by atoms with Crippen molar-refractivity contribution in [2.45, 2.75) is 81.0 Å². The van der Waals surface area contributed by atoms with Gasteiger partial charge in [0.2, 0.25) is 15.9 Å². The number of hydrogen-bond acceptors (Lipinski definition) is 6. The van der Waals surface area contributed by atoms with Gasteiger partial charge in [-0.25, -0.2) is 35.1 Å². The van der Waals surface area contributed by atoms with Crippen LogP contribution >= 0.6 is 0 Å². The summed E-state index contributed by atoms with van der Waals surface area (Å²) in [7, 11) is -9.73. The fraction of sp³-hybridized carbons (Fsp3) is 0.667. The molecule has 0 unspecified atom stereocenters. The summed E-state index contributed by atoms with van der Waals surface area (Å²) in [6, 6.07) is -0.479. The summed E-state index contributed by atoms with van der Waals surface area (Å²) < 4.78 is 94.3. The van der Waals surface area contributed by atoms with Gasteiger partial charge in [0, 0.05) is 19.0 Å². The summed E-state index contributed by atoms with van der Waals surface area (Å²) in [5, 5.41) is 9.89. The van der Waals surface area contributed by atoms with Gasteiger partial charge in [0.05, 0.1) is 11.4 Å². The van der Waals surface area contributed by atoms with Crippen LogP contribution in [-0.4, -0.2) is 41.1 Å². The summed E-state index contributed by atoms with van der Waals surface area (Å²) in [6.45, 7) is 3.16. The minimum absolute atomic E-state index is 0.0163. The minimum atomic E-state index is -5.05. The molecule has 0 radical (unpaired) electrons. The Morgan fingerprint density at radius 3 is 2.00 bits per heavy atom. The monoisotopic (exact) mass is 527 g/mol. The third kappa shape index (κ3) is 7.32. The third-order valence-electron chi connectivity index (χ3n) is 5.57. The molecule has 194 valence electrons. The largest absolute Gasteiger partial charge is 0.379 e. The zero-order valence-corrected chi connectivity index (χ0v) is 20.9. The van der Waals surface area contributed by atoms with Gasteiger partial charge in [-0.2, -0.15) is 0 Å². The number of sulfonamides is 1. The Bertz CT molecular complexity index is 1100. The number of sulfone groups is 1. The minimum Gasteiger partial charge on any atom is -0.379 e. The summed E-state index contributed by atoms with van der Waals surface area (Å²) >= 11 is 0. The molecule has 8 nitrogen and oxygen atoms in total. The van der Waals surface area contributed by atoms with Gasteiger partial charge in [-0.3, -0.25) is 4.79 Å². The molecule has 4 N–H and O–H groups in total. The van der Waals surface area contributed by atoms with Gasteiger partial charge in [-0.15, -0.1) is 0 Å². The Labute approximate surface area is 198 Å². The fourth-order valence-corrected chi connectivity index (χ4v) is 6.05. The van der Waals surface area contributed by atoms with E-state index in [9.17, 15) is 26.0 Å². The molecule has 0 aliphatic heterocycles. The number of hydrogen-bond donors (Lipinski definition) is 3. The van der Waals surface area contributed by atoms with Crippen molar-refractivity contribution in [3.05, 3.63) is 17.5 Å². The predicted molar refractivity (Wildman–Crippen MR) is 122 cm³/mol. The lowest BCUT2D eigenvalue weighted by Crippen LogP contribution is -2.31. The van der Waals surface area contributed by atoms with Gasteiger partial charge in [-0.1, -0.05) is 46.0 Å². The summed E-state index contributed by atoms with van der Waals surface area (Å²) in [6.07, 6.45) is 5.47. The van der Waals surface area contributed by atoms with Crippen molar-refractivity contribution < 1.29 is 34.8 Å². The van der Waals surface area contributed by atoms with E-state index in [0.717, 1.165) is 32.1 Å². The normalized spacial score (nSPS) is 16.2. The van der Waals surface area contributed by atoms with Crippen LogP contribution in [0.25, 0.3) is 0 Å². The maximum absolute atomic E-state index is 15.3. The molecule has 1 saturated carbocycles. The molecule has 0 atom stereocenters. The smallest absolute Gasteiger partial charge is 0.244 e. The zero-order chi connectivity index (χ0) is 25.7. The Hall–Kier alpha value is -1.86. The van der Waals surface area contributed by atoms with Crippen molar-refractivity contribution in [3.63, 3.8) is 0 Å². The predicted octanol–water partition coefficient (Wildman–Crippen LogP) is 3.21. The molecular formula is C21H32F3N3O5S2. The van der Waals surface area contributed by atoms with E-state index in [1.54, 1.807) is 13.8 Å². The molecule has 1 aromatic carbocycles. The number of carbonyl (C=O) groups is 1. The van der Waals surface area contributed by atoms with E-state index in [4.69, 9.17) is 5.14 Å². The molecule has 0 saturated heterocycles. The van der Waals surface area contributed by atoms with Crippen molar-refractivity contribution in [2.24, 2.45) is 11.1 Å². The first kappa shape index (κ1) is 28.4. The molecule has 34 heavy (non-hydrogen) atoms. The fourth-order valence-electron chi connectivity index (χ4n) is 3.96. The third-order valence-corrected chi connectivity index (χ3v) is 8.25. The van der Waals surface area contributed by atoms with Crippen LogP contribution in [0.4, 0.5) is 18.9 Å². The van der Waals surface area contributed by atoms with Gasteiger partial charge in [-0.05, 0) is 18.8 Å². The van der Waals surface area contributed by atoms with Crippen LogP contribution in [0.1, 0.15) is 65.2 Å². The first-order chi connectivity index (χ1) is 15.8. The average molecular weight is 528 g/mol. The number of nitrogens with two attached hydrogens (primary N) is 1. The molecule has 1 aliphatic carbocycles. The lowest BCUT2D eigenvalue weighted by Gasteiger charge is -2.25. The number of carbonyl (C=O) groups excluding carboxylic acids is 1. The Morgan fingerprint density at radius 2 is 1.47 bits per heavy atom. The second-order valence-corrected chi connectivity index (χ2v) is 12.5. The SMILES string of the molecule is CC(C)CC(=O)NCCS(=O)(=O)c1c(F)c(F)c(S(N)(=O)=O)c(F)c1NC1CCCCCCC1. The van der Waals surface area contributed by atoms with E-state index >= 15 is 8.78 Å². The Kier molecular flexibility index (Phi) is 9.78. The van der Waals surface area contributed by atoms with Gasteiger partial charge < -0.3 is 10.6 Å². The van der Waals surface area contributed by atoms with Crippen LogP contribution in [0, 0.1) is 23.4 Å². The van der Waals surface area contributed by atoms with Crippen molar-refractivity contribution in [1.82, 2.24) is 5.32 Å². The molecule has 0 heterocycles. The van der Waals surface area contributed by atoms with Gasteiger partial charge >= 0.3 is 0 Å². The van der Waals surface area contributed by atoms with Gasteiger partial charge in [0.15, 0.2) is 32.2 Å². The highest BCUT2D eigenvalue weighted by Gasteiger charge is 2.36. The van der Waals surface area contributed by atoms with Crippen LogP contribution in [0.2, 0.25) is 0 Å². The number of amides is 1. The summed E-state index contributed by atoms with van der Waals surface area (Å²) in [5.74, 6) is -7.28. The molecule has 1 aromatic rings. The van der Waals surface area contributed by atoms with Crippen molar-refractivity contribution in [1.29, 1.82) is 0 Å². The molecule has 1 fully saturated rings. The second-order valence-electron chi connectivity index (χ2n) is 8.97. The molecular weight excluding hydrogens is 495 g/mol. The van der Waals surface area contributed by atoms with Crippen LogP contribution in [0.15, 0.2) is 9.79 Å². The average Bonchev–Trinajstić information content (AvgIpc) is 2.65. The van der Waals surface area contributed by atoms with Crippen LogP contribution in [0.5, 0.6) is 0 Å². The molecule has 1 amide bonds. The first-order valence-electron chi connectivity index (χ1n) is 11.2. The number of anilines is 1. The van der Waals surface area contributed by atoms with E-state index < -0.39 is 77.0 Å². The van der Waals surface area contributed by atoms with E-state index in [1.165, 1.54) is 0 Å². The number of primary sulfonamides is 1. The molecule has 0 spiro atoms. The van der Waals surface area contributed by atoms with Crippen molar-refractivity contribution >= 4 is 31.5 Å². The lowest BCUT2D eigenvalue weighted by atomic mass is 9.96. The standard InChI is InChI=1S/C21H32F3N3O5S2/c1-13(2)12-15(28)26-10-11-33(29,30)21-17(23)16(22)20(34(25,31)32)18(24)19(21)27-14-8-6-4-3-5-7-9-14/h13-14,27H,3-12H2,1-2H3,(H,26,28)(H2,25,31,32). The Balaban J connectivity index is 2.51. The molecule has 0 bridgehead atoms. The van der Waals surface area contributed by atoms with Gasteiger partial charge in [0.25, 0.3) is 0 Å². The molecule has 2 rings (SSSR count). The topological polar surface area (TPSA) is 135 Å². The molecule has 13 heteroatoms. The zero-order valence-electron chi connectivity index (χ0n) is 19.3. The highest BCUT2D eigenvalue weighted by molar-refractivity contribution is 7.91. The Morgan fingerprint density at radius 1 is 0.941 bits per heavy atom.